The van der Waals surface area contributed by atoms with Crippen LogP contribution in [0.5, 0.6) is 0 Å². The van der Waals surface area contributed by atoms with Gasteiger partial charge in [-0.1, -0.05) is 37.6 Å². The molecule has 0 atom stereocenters. The van der Waals surface area contributed by atoms with Gasteiger partial charge in [0.25, 0.3) is 0 Å². The lowest BCUT2D eigenvalue weighted by molar-refractivity contribution is 0.0519. The maximum atomic E-state index is 11.8. The van der Waals surface area contributed by atoms with Gasteiger partial charge in [-0.05, 0) is 57.1 Å². The van der Waals surface area contributed by atoms with Crippen molar-refractivity contribution in [3.8, 4) is 0 Å². The predicted molar refractivity (Wildman–Crippen MR) is 99.9 cm³/mol. The number of esters is 1. The second-order valence-electron chi connectivity index (χ2n) is 5.97. The number of unbranched alkanes of at least 4 members (excludes halogenated alkanes) is 2. The standard InChI is InChI=1S/C20H27NO2S/c1-4-16-11-9-12-17(14-16)10-7-6-8-13-18-21-19(15(3)24-18)20(22)23-5-2/h9,11-12,14H,4-8,10,13H2,1-3H3. The summed E-state index contributed by atoms with van der Waals surface area (Å²) in [4.78, 5) is 17.2. The van der Waals surface area contributed by atoms with E-state index in [2.05, 4.69) is 36.2 Å². The molecule has 0 fully saturated rings. The van der Waals surface area contributed by atoms with Crippen LogP contribution in [0.2, 0.25) is 0 Å². The summed E-state index contributed by atoms with van der Waals surface area (Å²) in [6.45, 7) is 6.34. The Morgan fingerprint density at radius 3 is 2.62 bits per heavy atom. The van der Waals surface area contributed by atoms with E-state index in [1.54, 1.807) is 11.3 Å². The summed E-state index contributed by atoms with van der Waals surface area (Å²) >= 11 is 1.62. The summed E-state index contributed by atoms with van der Waals surface area (Å²) in [7, 11) is 0. The van der Waals surface area contributed by atoms with Gasteiger partial charge < -0.3 is 4.74 Å². The third kappa shape index (κ3) is 5.45. The Bertz CT molecular complexity index is 663. The first-order valence-corrected chi connectivity index (χ1v) is 9.67. The molecule has 0 N–H and O–H groups in total. The van der Waals surface area contributed by atoms with Crippen molar-refractivity contribution in [2.24, 2.45) is 0 Å². The summed E-state index contributed by atoms with van der Waals surface area (Å²) in [5, 5.41) is 1.04. The highest BCUT2D eigenvalue weighted by Gasteiger charge is 2.15. The summed E-state index contributed by atoms with van der Waals surface area (Å²) in [6, 6.07) is 8.88. The normalized spacial score (nSPS) is 10.8. The van der Waals surface area contributed by atoms with Crippen molar-refractivity contribution in [3.05, 3.63) is 51.0 Å². The number of thiazole rings is 1. The number of benzene rings is 1. The van der Waals surface area contributed by atoms with Crippen molar-refractivity contribution in [2.75, 3.05) is 6.61 Å². The summed E-state index contributed by atoms with van der Waals surface area (Å²) < 4.78 is 5.04. The zero-order valence-electron chi connectivity index (χ0n) is 14.9. The van der Waals surface area contributed by atoms with Crippen molar-refractivity contribution in [2.45, 2.75) is 59.3 Å². The fourth-order valence-electron chi connectivity index (χ4n) is 2.73. The monoisotopic (exact) mass is 345 g/mol. The minimum absolute atomic E-state index is 0.298. The van der Waals surface area contributed by atoms with E-state index in [0.717, 1.165) is 35.6 Å². The molecule has 0 aliphatic carbocycles. The summed E-state index contributed by atoms with van der Waals surface area (Å²) in [5.74, 6) is -0.298. The van der Waals surface area contributed by atoms with Gasteiger partial charge in [0.1, 0.15) is 0 Å². The van der Waals surface area contributed by atoms with Crippen molar-refractivity contribution >= 4 is 17.3 Å². The fourth-order valence-corrected chi connectivity index (χ4v) is 3.70. The third-order valence-electron chi connectivity index (χ3n) is 4.07. The van der Waals surface area contributed by atoms with Gasteiger partial charge in [-0.25, -0.2) is 9.78 Å². The lowest BCUT2D eigenvalue weighted by Crippen LogP contribution is -2.06. The summed E-state index contributed by atoms with van der Waals surface area (Å²) in [6.07, 6.45) is 6.67. The van der Waals surface area contributed by atoms with Crippen LogP contribution in [0.15, 0.2) is 24.3 Å². The molecule has 0 aliphatic heterocycles. The Labute approximate surface area is 149 Å². The van der Waals surface area contributed by atoms with E-state index in [1.165, 1.54) is 24.0 Å². The molecule has 1 heterocycles. The van der Waals surface area contributed by atoms with Crippen LogP contribution in [0.1, 0.15) is 64.6 Å². The largest absolute Gasteiger partial charge is 0.461 e. The molecule has 1 aromatic carbocycles. The number of aromatic nitrogens is 1. The molecular formula is C20H27NO2S. The molecule has 3 nitrogen and oxygen atoms in total. The molecular weight excluding hydrogens is 318 g/mol. The van der Waals surface area contributed by atoms with Gasteiger partial charge in [0, 0.05) is 4.88 Å². The Balaban J connectivity index is 1.74. The van der Waals surface area contributed by atoms with Crippen LogP contribution in [-0.4, -0.2) is 17.6 Å². The van der Waals surface area contributed by atoms with Gasteiger partial charge in [-0.15, -0.1) is 11.3 Å². The van der Waals surface area contributed by atoms with Gasteiger partial charge in [-0.2, -0.15) is 0 Å². The van der Waals surface area contributed by atoms with Crippen LogP contribution in [0.3, 0.4) is 0 Å². The van der Waals surface area contributed by atoms with Crippen molar-refractivity contribution in [1.82, 2.24) is 4.98 Å². The second kappa shape index (κ2) is 9.58. The first-order chi connectivity index (χ1) is 11.6. The molecule has 0 spiro atoms. The Kier molecular flexibility index (Phi) is 7.44. The van der Waals surface area contributed by atoms with Gasteiger partial charge in [0.05, 0.1) is 11.6 Å². The van der Waals surface area contributed by atoms with Crippen LogP contribution >= 0.6 is 11.3 Å². The molecule has 2 rings (SSSR count). The highest BCUT2D eigenvalue weighted by molar-refractivity contribution is 7.11. The lowest BCUT2D eigenvalue weighted by Gasteiger charge is -2.03. The van der Waals surface area contributed by atoms with E-state index in [1.807, 2.05) is 13.8 Å². The average molecular weight is 346 g/mol. The molecule has 0 bridgehead atoms. The first-order valence-electron chi connectivity index (χ1n) is 8.85. The minimum Gasteiger partial charge on any atom is -0.461 e. The zero-order valence-corrected chi connectivity index (χ0v) is 15.7. The van der Waals surface area contributed by atoms with Crippen LogP contribution in [-0.2, 0) is 24.0 Å². The van der Waals surface area contributed by atoms with Gasteiger partial charge in [-0.3, -0.25) is 0 Å². The molecule has 24 heavy (non-hydrogen) atoms. The van der Waals surface area contributed by atoms with E-state index >= 15 is 0 Å². The average Bonchev–Trinajstić information content (AvgIpc) is 2.96. The van der Waals surface area contributed by atoms with Crippen LogP contribution in [0.25, 0.3) is 0 Å². The molecule has 0 unspecified atom stereocenters. The maximum Gasteiger partial charge on any atom is 0.358 e. The third-order valence-corrected chi connectivity index (χ3v) is 5.10. The zero-order chi connectivity index (χ0) is 17.4. The smallest absolute Gasteiger partial charge is 0.358 e. The van der Waals surface area contributed by atoms with E-state index in [0.29, 0.717) is 12.3 Å². The number of ether oxygens (including phenoxy) is 1. The van der Waals surface area contributed by atoms with Crippen LogP contribution < -0.4 is 0 Å². The van der Waals surface area contributed by atoms with Crippen molar-refractivity contribution < 1.29 is 9.53 Å². The fraction of sp³-hybridized carbons (Fsp3) is 0.500. The van der Waals surface area contributed by atoms with Gasteiger partial charge >= 0.3 is 5.97 Å². The minimum atomic E-state index is -0.298. The Hall–Kier alpha value is -1.68. The van der Waals surface area contributed by atoms with Crippen LogP contribution in [0, 0.1) is 6.92 Å². The second-order valence-corrected chi connectivity index (χ2v) is 7.25. The number of carbonyl (C=O) groups excluding carboxylic acids is 1. The maximum absolute atomic E-state index is 11.8. The van der Waals surface area contributed by atoms with E-state index in [-0.39, 0.29) is 5.97 Å². The highest BCUT2D eigenvalue weighted by atomic mass is 32.1. The molecule has 130 valence electrons. The number of aryl methyl sites for hydroxylation is 4. The number of rotatable bonds is 9. The Morgan fingerprint density at radius 1 is 1.12 bits per heavy atom. The number of nitrogens with zero attached hydrogens (tertiary/aromatic N) is 1. The van der Waals surface area contributed by atoms with E-state index < -0.39 is 0 Å². The number of hydrogen-bond acceptors (Lipinski definition) is 4. The lowest BCUT2D eigenvalue weighted by atomic mass is 10.0. The molecule has 1 aromatic heterocycles. The predicted octanol–water partition coefficient (Wildman–Crippen LogP) is 5.15. The van der Waals surface area contributed by atoms with E-state index in [9.17, 15) is 4.79 Å². The topological polar surface area (TPSA) is 39.2 Å². The molecule has 4 heteroatoms. The summed E-state index contributed by atoms with van der Waals surface area (Å²) in [5.41, 5.74) is 3.34. The molecule has 0 saturated carbocycles. The van der Waals surface area contributed by atoms with Crippen molar-refractivity contribution in [3.63, 3.8) is 0 Å². The SMILES string of the molecule is CCOC(=O)c1nc(CCCCCc2cccc(CC)c2)sc1C. The van der Waals surface area contributed by atoms with Crippen molar-refractivity contribution in [1.29, 1.82) is 0 Å². The first kappa shape index (κ1) is 18.7. The molecule has 0 amide bonds. The molecule has 0 radical (unpaired) electrons. The number of carbonyl (C=O) groups is 1. The molecule has 0 aliphatic rings. The van der Waals surface area contributed by atoms with E-state index in [4.69, 9.17) is 4.74 Å². The van der Waals surface area contributed by atoms with Gasteiger partial charge in [0.2, 0.25) is 0 Å². The molecule has 0 saturated heterocycles. The number of hydrogen-bond donors (Lipinski definition) is 0. The van der Waals surface area contributed by atoms with Gasteiger partial charge in [0.15, 0.2) is 5.69 Å². The molecule has 2 aromatic rings. The highest BCUT2D eigenvalue weighted by Crippen LogP contribution is 2.20. The van der Waals surface area contributed by atoms with Crippen LogP contribution in [0.4, 0.5) is 0 Å². The Morgan fingerprint density at radius 2 is 1.88 bits per heavy atom. The quantitative estimate of drug-likeness (QED) is 0.466.